The zero-order valence-corrected chi connectivity index (χ0v) is 11.8. The molecule has 4 nitrogen and oxygen atoms in total. The minimum atomic E-state index is -3.19. The number of para-hydroxylation sites is 1. The van der Waals surface area contributed by atoms with Gasteiger partial charge in [-0.25, -0.2) is 8.42 Å². The summed E-state index contributed by atoms with van der Waals surface area (Å²) >= 11 is 0. The fourth-order valence-corrected chi connectivity index (χ4v) is 2.83. The number of hydrogen-bond acceptors (Lipinski definition) is 4. The van der Waals surface area contributed by atoms with E-state index in [1.807, 2.05) is 6.07 Å². The third-order valence-corrected chi connectivity index (χ3v) is 4.60. The Morgan fingerprint density at radius 2 is 1.94 bits per heavy atom. The van der Waals surface area contributed by atoms with Gasteiger partial charge in [0.05, 0.1) is 16.3 Å². The second-order valence-electron chi connectivity index (χ2n) is 4.33. The maximum absolute atomic E-state index is 11.9. The fourth-order valence-electron chi connectivity index (χ4n) is 1.75. The standard InChI is InChI=1S/C13H22N2O2S/c1-3-7-11(14)10-15-12-8-5-6-9-13(12)18(16,17)4-2/h5-6,8-9,11,15H,3-4,7,10,14H2,1-2H3. The number of nitrogens with one attached hydrogen (secondary N) is 1. The van der Waals surface area contributed by atoms with E-state index in [4.69, 9.17) is 5.73 Å². The lowest BCUT2D eigenvalue weighted by molar-refractivity contribution is 0.596. The second-order valence-corrected chi connectivity index (χ2v) is 6.58. The SMILES string of the molecule is CCCC(N)CNc1ccccc1S(=O)(=O)CC. The Bertz CT molecular complexity index is 472. The van der Waals surface area contributed by atoms with Crippen molar-refractivity contribution in [3.8, 4) is 0 Å². The quantitative estimate of drug-likeness (QED) is 0.795. The first-order chi connectivity index (χ1) is 8.51. The molecule has 0 aliphatic carbocycles. The van der Waals surface area contributed by atoms with Crippen molar-refractivity contribution in [2.75, 3.05) is 17.6 Å². The van der Waals surface area contributed by atoms with E-state index in [1.165, 1.54) is 0 Å². The van der Waals surface area contributed by atoms with Crippen molar-refractivity contribution < 1.29 is 8.42 Å². The monoisotopic (exact) mass is 270 g/mol. The van der Waals surface area contributed by atoms with Gasteiger partial charge in [0.15, 0.2) is 9.84 Å². The van der Waals surface area contributed by atoms with Gasteiger partial charge in [0.2, 0.25) is 0 Å². The largest absolute Gasteiger partial charge is 0.382 e. The van der Waals surface area contributed by atoms with E-state index in [1.54, 1.807) is 25.1 Å². The van der Waals surface area contributed by atoms with Gasteiger partial charge >= 0.3 is 0 Å². The Balaban J connectivity index is 2.84. The number of sulfone groups is 1. The van der Waals surface area contributed by atoms with E-state index >= 15 is 0 Å². The molecule has 0 spiro atoms. The highest BCUT2D eigenvalue weighted by atomic mass is 32.2. The summed E-state index contributed by atoms with van der Waals surface area (Å²) in [5.41, 5.74) is 6.56. The molecular weight excluding hydrogens is 248 g/mol. The van der Waals surface area contributed by atoms with E-state index in [2.05, 4.69) is 12.2 Å². The maximum atomic E-state index is 11.9. The third kappa shape index (κ3) is 3.99. The van der Waals surface area contributed by atoms with Crippen LogP contribution in [0.3, 0.4) is 0 Å². The number of benzene rings is 1. The van der Waals surface area contributed by atoms with E-state index < -0.39 is 9.84 Å². The summed E-state index contributed by atoms with van der Waals surface area (Å²) in [4.78, 5) is 0.358. The Hall–Kier alpha value is -1.07. The first-order valence-electron chi connectivity index (χ1n) is 6.32. The Morgan fingerprint density at radius 1 is 1.28 bits per heavy atom. The van der Waals surface area contributed by atoms with Gasteiger partial charge in [-0.3, -0.25) is 0 Å². The van der Waals surface area contributed by atoms with Crippen LogP contribution in [0, 0.1) is 0 Å². The molecule has 0 radical (unpaired) electrons. The lowest BCUT2D eigenvalue weighted by atomic mass is 10.2. The summed E-state index contributed by atoms with van der Waals surface area (Å²) in [5.74, 6) is 0.104. The molecule has 0 aromatic heterocycles. The topological polar surface area (TPSA) is 72.2 Å². The van der Waals surface area contributed by atoms with Gasteiger partial charge in [0.1, 0.15) is 0 Å². The average molecular weight is 270 g/mol. The molecule has 1 aromatic carbocycles. The Kier molecular flexibility index (Phi) is 5.62. The summed E-state index contributed by atoms with van der Waals surface area (Å²) < 4.78 is 23.8. The molecule has 1 rings (SSSR count). The van der Waals surface area contributed by atoms with Crippen LogP contribution in [0.2, 0.25) is 0 Å². The van der Waals surface area contributed by atoms with Crippen LogP contribution >= 0.6 is 0 Å². The lowest BCUT2D eigenvalue weighted by Gasteiger charge is -2.15. The molecule has 0 bridgehead atoms. The molecule has 0 aliphatic heterocycles. The first-order valence-corrected chi connectivity index (χ1v) is 7.97. The minimum absolute atomic E-state index is 0.0485. The maximum Gasteiger partial charge on any atom is 0.180 e. The van der Waals surface area contributed by atoms with Crippen LogP contribution in [-0.4, -0.2) is 26.8 Å². The van der Waals surface area contributed by atoms with Crippen molar-refractivity contribution in [1.82, 2.24) is 0 Å². The zero-order valence-electron chi connectivity index (χ0n) is 11.0. The van der Waals surface area contributed by atoms with Crippen molar-refractivity contribution >= 4 is 15.5 Å². The van der Waals surface area contributed by atoms with Crippen molar-refractivity contribution in [3.63, 3.8) is 0 Å². The second kappa shape index (κ2) is 6.75. The Morgan fingerprint density at radius 3 is 2.56 bits per heavy atom. The number of rotatable bonds is 7. The van der Waals surface area contributed by atoms with Gasteiger partial charge in [0, 0.05) is 12.6 Å². The molecule has 0 saturated carbocycles. The molecule has 0 amide bonds. The lowest BCUT2D eigenvalue weighted by Crippen LogP contribution is -2.29. The van der Waals surface area contributed by atoms with E-state index in [9.17, 15) is 8.42 Å². The average Bonchev–Trinajstić information content (AvgIpc) is 2.37. The molecule has 102 valence electrons. The molecule has 0 fully saturated rings. The number of anilines is 1. The zero-order chi connectivity index (χ0) is 13.6. The summed E-state index contributed by atoms with van der Waals surface area (Å²) in [6, 6.07) is 7.02. The highest BCUT2D eigenvalue weighted by Gasteiger charge is 2.16. The molecular formula is C13H22N2O2S. The van der Waals surface area contributed by atoms with Crippen LogP contribution in [0.1, 0.15) is 26.7 Å². The summed E-state index contributed by atoms with van der Waals surface area (Å²) in [6.45, 7) is 4.31. The molecule has 0 aliphatic rings. The molecule has 1 atom stereocenters. The predicted molar refractivity (Wildman–Crippen MR) is 75.5 cm³/mol. The molecule has 3 N–H and O–H groups in total. The predicted octanol–water partition coefficient (Wildman–Crippen LogP) is 2.02. The van der Waals surface area contributed by atoms with Crippen LogP contribution in [-0.2, 0) is 9.84 Å². The van der Waals surface area contributed by atoms with Crippen molar-refractivity contribution in [2.24, 2.45) is 5.73 Å². The van der Waals surface area contributed by atoms with Gasteiger partial charge < -0.3 is 11.1 Å². The smallest absolute Gasteiger partial charge is 0.180 e. The van der Waals surface area contributed by atoms with Gasteiger partial charge in [-0.1, -0.05) is 32.4 Å². The van der Waals surface area contributed by atoms with Crippen LogP contribution in [0.15, 0.2) is 29.2 Å². The first kappa shape index (κ1) is 15.0. The highest BCUT2D eigenvalue weighted by molar-refractivity contribution is 7.91. The van der Waals surface area contributed by atoms with Gasteiger partial charge in [0.25, 0.3) is 0 Å². The Labute approximate surface area is 110 Å². The van der Waals surface area contributed by atoms with Crippen LogP contribution in [0.25, 0.3) is 0 Å². The third-order valence-electron chi connectivity index (χ3n) is 2.82. The summed E-state index contributed by atoms with van der Waals surface area (Å²) in [7, 11) is -3.19. The van der Waals surface area contributed by atoms with Crippen molar-refractivity contribution in [3.05, 3.63) is 24.3 Å². The number of hydrogen-bond donors (Lipinski definition) is 2. The summed E-state index contributed by atoms with van der Waals surface area (Å²) in [5, 5.41) is 3.13. The normalized spacial score (nSPS) is 13.3. The molecule has 18 heavy (non-hydrogen) atoms. The summed E-state index contributed by atoms with van der Waals surface area (Å²) in [6.07, 6.45) is 1.95. The van der Waals surface area contributed by atoms with E-state index in [0.29, 0.717) is 17.1 Å². The van der Waals surface area contributed by atoms with E-state index in [-0.39, 0.29) is 11.8 Å². The molecule has 5 heteroatoms. The van der Waals surface area contributed by atoms with Crippen LogP contribution in [0.4, 0.5) is 5.69 Å². The molecule has 0 heterocycles. The minimum Gasteiger partial charge on any atom is -0.382 e. The van der Waals surface area contributed by atoms with Crippen LogP contribution in [0.5, 0.6) is 0 Å². The van der Waals surface area contributed by atoms with Crippen molar-refractivity contribution in [2.45, 2.75) is 37.6 Å². The van der Waals surface area contributed by atoms with Crippen LogP contribution < -0.4 is 11.1 Å². The van der Waals surface area contributed by atoms with Crippen molar-refractivity contribution in [1.29, 1.82) is 0 Å². The fraction of sp³-hybridized carbons (Fsp3) is 0.538. The molecule has 0 saturated heterocycles. The molecule has 1 unspecified atom stereocenters. The van der Waals surface area contributed by atoms with Gasteiger partial charge in [-0.05, 0) is 18.6 Å². The van der Waals surface area contributed by atoms with Gasteiger partial charge in [-0.15, -0.1) is 0 Å². The molecule has 1 aromatic rings. The highest BCUT2D eigenvalue weighted by Crippen LogP contribution is 2.21. The van der Waals surface area contributed by atoms with E-state index in [0.717, 1.165) is 12.8 Å². The van der Waals surface area contributed by atoms with Gasteiger partial charge in [-0.2, -0.15) is 0 Å². The number of nitrogens with two attached hydrogens (primary N) is 1.